The maximum Gasteiger partial charge on any atom is 0.288 e. The Morgan fingerprint density at radius 1 is 1.38 bits per heavy atom. The van der Waals surface area contributed by atoms with E-state index in [4.69, 9.17) is 10.2 Å². The van der Waals surface area contributed by atoms with Crippen LogP contribution >= 0.6 is 0 Å². The van der Waals surface area contributed by atoms with Gasteiger partial charge in [0, 0.05) is 12.1 Å². The Morgan fingerprint density at radius 2 is 2.00 bits per heavy atom. The molecule has 0 aromatic heterocycles. The van der Waals surface area contributed by atoms with Crippen molar-refractivity contribution in [3.05, 3.63) is 28.3 Å². The van der Waals surface area contributed by atoms with Crippen LogP contribution in [0.4, 0.5) is 5.69 Å². The van der Waals surface area contributed by atoms with Crippen molar-refractivity contribution in [3.63, 3.8) is 0 Å². The van der Waals surface area contributed by atoms with Gasteiger partial charge in [0.05, 0.1) is 17.3 Å². The van der Waals surface area contributed by atoms with Gasteiger partial charge in [-0.05, 0) is 6.07 Å². The maximum atomic E-state index is 11.5. The number of aliphatic hydroxyl groups is 1. The molecule has 0 aliphatic rings. The minimum absolute atomic E-state index is 0.387. The van der Waals surface area contributed by atoms with Crippen LogP contribution in [0.3, 0.4) is 0 Å². The molecule has 0 atom stereocenters. The molecule has 7 nitrogen and oxygen atoms in total. The first-order valence-electron chi connectivity index (χ1n) is 4.19. The number of aromatic hydroxyl groups is 1. The average molecular weight is 247 g/mol. The second kappa shape index (κ2) is 4.45. The topological polar surface area (TPSA) is 118 Å². The van der Waals surface area contributed by atoms with Gasteiger partial charge < -0.3 is 10.2 Å². The molecule has 0 heterocycles. The fourth-order valence-electron chi connectivity index (χ4n) is 1.13. The number of hydrogen-bond donors (Lipinski definition) is 2. The third kappa shape index (κ3) is 2.47. The molecule has 0 saturated heterocycles. The first-order valence-corrected chi connectivity index (χ1v) is 5.85. The van der Waals surface area contributed by atoms with Crippen LogP contribution in [0, 0.1) is 10.1 Å². The Labute approximate surface area is 91.0 Å². The lowest BCUT2D eigenvalue weighted by molar-refractivity contribution is -0.387. The number of rotatable bonds is 4. The van der Waals surface area contributed by atoms with Crippen molar-refractivity contribution in [2.24, 2.45) is 0 Å². The lowest BCUT2D eigenvalue weighted by Gasteiger charge is -2.04. The summed E-state index contributed by atoms with van der Waals surface area (Å²) in [6, 6.07) is 2.72. The summed E-state index contributed by atoms with van der Waals surface area (Å²) in [5, 5.41) is 28.2. The molecular formula is C8H9NO6S. The van der Waals surface area contributed by atoms with Crippen LogP contribution in [0.15, 0.2) is 23.1 Å². The van der Waals surface area contributed by atoms with Crippen molar-refractivity contribution in [3.8, 4) is 5.75 Å². The molecule has 0 aliphatic heterocycles. The minimum Gasteiger partial charge on any atom is -0.508 e. The number of phenols is 1. The van der Waals surface area contributed by atoms with E-state index in [1.807, 2.05) is 0 Å². The van der Waals surface area contributed by atoms with Crippen molar-refractivity contribution in [2.45, 2.75) is 4.90 Å². The Hall–Kier alpha value is -1.67. The van der Waals surface area contributed by atoms with Gasteiger partial charge in [-0.15, -0.1) is 0 Å². The number of benzene rings is 1. The largest absolute Gasteiger partial charge is 0.508 e. The Morgan fingerprint density at radius 3 is 2.50 bits per heavy atom. The molecule has 16 heavy (non-hydrogen) atoms. The summed E-state index contributed by atoms with van der Waals surface area (Å²) in [4.78, 5) is 9.13. The van der Waals surface area contributed by atoms with Crippen LogP contribution in [0.2, 0.25) is 0 Å². The fourth-order valence-corrected chi connectivity index (χ4v) is 2.35. The molecular weight excluding hydrogens is 238 g/mol. The second-order valence-electron chi connectivity index (χ2n) is 2.95. The van der Waals surface area contributed by atoms with E-state index >= 15 is 0 Å². The first-order chi connectivity index (χ1) is 7.38. The lowest BCUT2D eigenvalue weighted by atomic mass is 10.3. The third-order valence-electron chi connectivity index (χ3n) is 1.84. The summed E-state index contributed by atoms with van der Waals surface area (Å²) < 4.78 is 23.1. The van der Waals surface area contributed by atoms with E-state index in [0.29, 0.717) is 0 Å². The summed E-state index contributed by atoms with van der Waals surface area (Å²) in [6.45, 7) is -0.644. The van der Waals surface area contributed by atoms with Crippen molar-refractivity contribution < 1.29 is 23.6 Å². The molecule has 88 valence electrons. The zero-order valence-corrected chi connectivity index (χ0v) is 8.85. The van der Waals surface area contributed by atoms with Gasteiger partial charge in [-0.3, -0.25) is 10.1 Å². The number of sulfone groups is 1. The van der Waals surface area contributed by atoms with Crippen LogP contribution in [-0.4, -0.2) is 35.9 Å². The summed E-state index contributed by atoms with van der Waals surface area (Å²) in [5.41, 5.74) is -0.619. The van der Waals surface area contributed by atoms with Crippen molar-refractivity contribution in [1.82, 2.24) is 0 Å². The molecule has 1 aromatic rings. The van der Waals surface area contributed by atoms with Crippen molar-refractivity contribution in [1.29, 1.82) is 0 Å². The predicted molar refractivity (Wildman–Crippen MR) is 53.9 cm³/mol. The lowest BCUT2D eigenvalue weighted by Crippen LogP contribution is -2.12. The van der Waals surface area contributed by atoms with Crippen molar-refractivity contribution in [2.75, 3.05) is 12.4 Å². The summed E-state index contributed by atoms with van der Waals surface area (Å²) in [5.74, 6) is -1.01. The van der Waals surface area contributed by atoms with Crippen LogP contribution < -0.4 is 0 Å². The SMILES string of the molecule is O=[N+]([O-])c1ccc(O)cc1S(=O)(=O)CCO. The summed E-state index contributed by atoms with van der Waals surface area (Å²) in [6.07, 6.45) is 0. The molecule has 2 N–H and O–H groups in total. The highest BCUT2D eigenvalue weighted by atomic mass is 32.2. The Kier molecular flexibility index (Phi) is 3.45. The first kappa shape index (κ1) is 12.4. The zero-order valence-electron chi connectivity index (χ0n) is 8.03. The van der Waals surface area contributed by atoms with Crippen LogP contribution in [-0.2, 0) is 9.84 Å². The number of hydrogen-bond acceptors (Lipinski definition) is 6. The monoisotopic (exact) mass is 247 g/mol. The number of nitro benzene ring substituents is 1. The van der Waals surface area contributed by atoms with E-state index in [0.717, 1.165) is 18.2 Å². The van der Waals surface area contributed by atoms with Gasteiger partial charge in [0.1, 0.15) is 10.6 Å². The molecule has 0 saturated carbocycles. The van der Waals surface area contributed by atoms with Gasteiger partial charge in [-0.1, -0.05) is 0 Å². The number of nitrogens with zero attached hydrogens (tertiary/aromatic N) is 1. The molecule has 0 spiro atoms. The fraction of sp³-hybridized carbons (Fsp3) is 0.250. The van der Waals surface area contributed by atoms with E-state index in [1.54, 1.807) is 0 Å². The smallest absolute Gasteiger partial charge is 0.288 e. The van der Waals surface area contributed by atoms with Gasteiger partial charge in [0.2, 0.25) is 0 Å². The van der Waals surface area contributed by atoms with Gasteiger partial charge in [0.25, 0.3) is 5.69 Å². The van der Waals surface area contributed by atoms with Gasteiger partial charge in [-0.25, -0.2) is 8.42 Å². The normalized spacial score (nSPS) is 11.3. The molecule has 0 radical (unpaired) electrons. The van der Waals surface area contributed by atoms with Gasteiger partial charge >= 0.3 is 0 Å². The van der Waals surface area contributed by atoms with Gasteiger partial charge in [-0.2, -0.15) is 0 Å². The molecule has 1 aromatic carbocycles. The molecule has 0 amide bonds. The average Bonchev–Trinajstić information content (AvgIpc) is 2.17. The maximum absolute atomic E-state index is 11.5. The van der Waals surface area contributed by atoms with E-state index < -0.39 is 37.7 Å². The number of nitro groups is 1. The van der Waals surface area contributed by atoms with E-state index in [2.05, 4.69) is 0 Å². The molecule has 8 heteroatoms. The highest BCUT2D eigenvalue weighted by Crippen LogP contribution is 2.28. The van der Waals surface area contributed by atoms with Crippen LogP contribution in [0.1, 0.15) is 0 Å². The Bertz CT molecular complexity index is 509. The quantitative estimate of drug-likeness (QED) is 0.574. The zero-order chi connectivity index (χ0) is 12.3. The highest BCUT2D eigenvalue weighted by molar-refractivity contribution is 7.91. The number of phenolic OH excluding ortho intramolecular Hbond substituents is 1. The molecule has 0 fully saturated rings. The molecule has 0 unspecified atom stereocenters. The highest BCUT2D eigenvalue weighted by Gasteiger charge is 2.25. The minimum atomic E-state index is -3.96. The summed E-state index contributed by atoms with van der Waals surface area (Å²) in [7, 11) is -3.96. The van der Waals surface area contributed by atoms with Crippen LogP contribution in [0.5, 0.6) is 5.75 Å². The van der Waals surface area contributed by atoms with E-state index in [1.165, 1.54) is 0 Å². The Balaban J connectivity index is 3.42. The predicted octanol–water partition coefficient (Wildman–Crippen LogP) is 0.0664. The molecule has 1 rings (SSSR count). The van der Waals surface area contributed by atoms with E-state index in [9.17, 15) is 18.5 Å². The molecule has 0 bridgehead atoms. The third-order valence-corrected chi connectivity index (χ3v) is 3.55. The second-order valence-corrected chi connectivity index (χ2v) is 5.03. The standard InChI is InChI=1S/C8H9NO6S/c10-3-4-16(14,15)8-5-6(11)1-2-7(8)9(12)13/h1-2,5,10-11H,3-4H2. The number of aliphatic hydroxyl groups excluding tert-OH is 1. The van der Waals surface area contributed by atoms with Crippen LogP contribution in [0.25, 0.3) is 0 Å². The summed E-state index contributed by atoms with van der Waals surface area (Å²) >= 11 is 0. The van der Waals surface area contributed by atoms with Gasteiger partial charge in [0.15, 0.2) is 9.84 Å². The van der Waals surface area contributed by atoms with Crippen molar-refractivity contribution >= 4 is 15.5 Å². The molecule has 0 aliphatic carbocycles. The van der Waals surface area contributed by atoms with E-state index in [-0.39, 0.29) is 5.75 Å².